The molecule has 1 fully saturated rings. The van der Waals surface area contributed by atoms with Crippen LogP contribution >= 0.6 is 0 Å². The molecule has 2 heterocycles. The number of rotatable bonds is 2. The topological polar surface area (TPSA) is 65.8 Å². The predicted octanol–water partition coefficient (Wildman–Crippen LogP) is 3.72. The van der Waals surface area contributed by atoms with Gasteiger partial charge in [-0.1, -0.05) is 12.8 Å². The van der Waals surface area contributed by atoms with Gasteiger partial charge in [-0.2, -0.15) is 0 Å². The maximum Gasteiger partial charge on any atom is 0.142 e. The summed E-state index contributed by atoms with van der Waals surface area (Å²) in [6, 6.07) is 4.92. The zero-order valence-electron chi connectivity index (χ0n) is 11.2. The van der Waals surface area contributed by atoms with Gasteiger partial charge in [-0.05, 0) is 36.2 Å². The zero-order valence-corrected chi connectivity index (χ0v) is 11.2. The van der Waals surface area contributed by atoms with Crippen LogP contribution in [0.15, 0.2) is 29.6 Å². The lowest BCUT2D eigenvalue weighted by Gasteiger charge is -2.24. The van der Waals surface area contributed by atoms with Crippen LogP contribution in [-0.4, -0.2) is 23.2 Å². The number of anilines is 1. The van der Waals surface area contributed by atoms with Crippen LogP contribution in [0.3, 0.4) is 0 Å². The van der Waals surface area contributed by atoms with Crippen molar-refractivity contribution in [2.45, 2.75) is 25.7 Å². The molecule has 5 heteroatoms. The van der Waals surface area contributed by atoms with Gasteiger partial charge in [0.2, 0.25) is 0 Å². The van der Waals surface area contributed by atoms with Gasteiger partial charge in [0.05, 0.1) is 11.1 Å². The van der Waals surface area contributed by atoms with Gasteiger partial charge in [0.15, 0.2) is 0 Å². The second kappa shape index (κ2) is 5.45. The molecule has 0 atom stereocenters. The van der Waals surface area contributed by atoms with Crippen LogP contribution in [-0.2, 0) is 0 Å². The number of benzene rings is 1. The molecule has 104 valence electrons. The highest BCUT2D eigenvalue weighted by Gasteiger charge is 2.17. The first-order chi connectivity index (χ1) is 9.81. The van der Waals surface area contributed by atoms with E-state index in [0.717, 1.165) is 31.6 Å². The van der Waals surface area contributed by atoms with E-state index in [0.29, 0.717) is 16.6 Å². The van der Waals surface area contributed by atoms with Crippen molar-refractivity contribution in [3.05, 3.63) is 29.3 Å². The highest BCUT2D eigenvalue weighted by molar-refractivity contribution is 6.03. The van der Waals surface area contributed by atoms with Gasteiger partial charge in [0, 0.05) is 19.3 Å². The van der Waals surface area contributed by atoms with Crippen molar-refractivity contribution >= 4 is 22.3 Å². The van der Waals surface area contributed by atoms with Gasteiger partial charge >= 0.3 is 0 Å². The van der Waals surface area contributed by atoms with Gasteiger partial charge < -0.3 is 10.0 Å². The summed E-state index contributed by atoms with van der Waals surface area (Å²) < 4.78 is 0. The number of phenolic OH excluding ortho intramolecular Hbond substituents is 1. The van der Waals surface area contributed by atoms with Crippen molar-refractivity contribution in [2.24, 2.45) is 5.18 Å². The average molecular weight is 271 g/mol. The minimum atomic E-state index is 0.0871. The first kappa shape index (κ1) is 12.8. The van der Waals surface area contributed by atoms with Crippen molar-refractivity contribution in [1.29, 1.82) is 0 Å². The molecule has 1 saturated heterocycles. The number of aromatic hydroxyl groups is 1. The number of fused-ring (bicyclic) bond motifs is 1. The lowest BCUT2D eigenvalue weighted by Crippen LogP contribution is -2.24. The SMILES string of the molecule is O=Nc1ccc(O)c2nccc(N3CCCCCC3)c12. The molecule has 2 aromatic rings. The van der Waals surface area contributed by atoms with Crippen molar-refractivity contribution in [3.63, 3.8) is 0 Å². The van der Waals surface area contributed by atoms with Crippen LogP contribution in [0.2, 0.25) is 0 Å². The van der Waals surface area contributed by atoms with E-state index in [1.54, 1.807) is 12.3 Å². The Balaban J connectivity index is 2.19. The van der Waals surface area contributed by atoms with Gasteiger partial charge in [0.1, 0.15) is 17.0 Å². The first-order valence-electron chi connectivity index (χ1n) is 7.00. The van der Waals surface area contributed by atoms with Crippen LogP contribution in [0.1, 0.15) is 25.7 Å². The third kappa shape index (κ3) is 2.19. The Bertz CT molecular complexity index is 634. The highest BCUT2D eigenvalue weighted by Crippen LogP contribution is 2.38. The summed E-state index contributed by atoms with van der Waals surface area (Å²) >= 11 is 0. The highest BCUT2D eigenvalue weighted by atomic mass is 16.3. The smallest absolute Gasteiger partial charge is 0.142 e. The number of hydrogen-bond donors (Lipinski definition) is 1. The molecule has 3 rings (SSSR count). The van der Waals surface area contributed by atoms with Gasteiger partial charge in [-0.25, -0.2) is 0 Å². The predicted molar refractivity (Wildman–Crippen MR) is 79.5 cm³/mol. The summed E-state index contributed by atoms with van der Waals surface area (Å²) in [5.41, 5.74) is 1.73. The fourth-order valence-corrected chi connectivity index (χ4v) is 2.87. The Morgan fingerprint density at radius 1 is 1.10 bits per heavy atom. The Kier molecular flexibility index (Phi) is 3.50. The van der Waals surface area contributed by atoms with Crippen molar-refractivity contribution in [3.8, 4) is 5.75 Å². The number of nitroso groups, excluding NO2 is 1. The Morgan fingerprint density at radius 3 is 2.55 bits per heavy atom. The summed E-state index contributed by atoms with van der Waals surface area (Å²) in [4.78, 5) is 17.5. The molecule has 1 aromatic carbocycles. The molecule has 0 unspecified atom stereocenters. The normalized spacial score (nSPS) is 16.1. The Morgan fingerprint density at radius 2 is 1.85 bits per heavy atom. The van der Waals surface area contributed by atoms with Crippen LogP contribution in [0.5, 0.6) is 5.75 Å². The molecule has 0 saturated carbocycles. The van der Waals surface area contributed by atoms with Gasteiger partial charge in [-0.3, -0.25) is 4.98 Å². The van der Waals surface area contributed by atoms with Crippen LogP contribution in [0.25, 0.3) is 10.9 Å². The number of pyridine rings is 1. The van der Waals surface area contributed by atoms with Crippen molar-refractivity contribution in [2.75, 3.05) is 18.0 Å². The van der Waals surface area contributed by atoms with Crippen molar-refractivity contribution in [1.82, 2.24) is 4.98 Å². The Hall–Kier alpha value is -2.17. The van der Waals surface area contributed by atoms with E-state index >= 15 is 0 Å². The molecule has 1 aromatic heterocycles. The second-order valence-electron chi connectivity index (χ2n) is 5.15. The molecule has 0 bridgehead atoms. The fourth-order valence-electron chi connectivity index (χ4n) is 2.87. The minimum absolute atomic E-state index is 0.0871. The van der Waals surface area contributed by atoms with E-state index < -0.39 is 0 Å². The average Bonchev–Trinajstić information content (AvgIpc) is 2.76. The summed E-state index contributed by atoms with van der Waals surface area (Å²) in [6.45, 7) is 1.93. The summed E-state index contributed by atoms with van der Waals surface area (Å²) in [5, 5.41) is 13.7. The lowest BCUT2D eigenvalue weighted by molar-refractivity contribution is 0.480. The maximum absolute atomic E-state index is 11.1. The quantitative estimate of drug-likeness (QED) is 0.845. The monoisotopic (exact) mass is 271 g/mol. The summed E-state index contributed by atoms with van der Waals surface area (Å²) in [6.07, 6.45) is 6.45. The standard InChI is InChI=1S/C15H17N3O2/c19-13-6-5-11(17-20)14-12(7-8-16-15(13)14)18-9-3-1-2-4-10-18/h5-8,19H,1-4,9-10H2. The number of aromatic nitrogens is 1. The molecular formula is C15H17N3O2. The number of nitrogens with zero attached hydrogens (tertiary/aromatic N) is 3. The lowest BCUT2D eigenvalue weighted by atomic mass is 10.1. The molecule has 1 aliphatic rings. The third-order valence-corrected chi connectivity index (χ3v) is 3.87. The Labute approximate surface area is 117 Å². The third-order valence-electron chi connectivity index (χ3n) is 3.87. The van der Waals surface area contributed by atoms with E-state index in [1.807, 2.05) is 6.07 Å². The molecule has 0 spiro atoms. The van der Waals surface area contributed by atoms with Crippen LogP contribution < -0.4 is 4.90 Å². The largest absolute Gasteiger partial charge is 0.506 e. The zero-order chi connectivity index (χ0) is 13.9. The van der Waals surface area contributed by atoms with E-state index in [4.69, 9.17) is 0 Å². The number of hydrogen-bond acceptors (Lipinski definition) is 5. The molecule has 1 N–H and O–H groups in total. The first-order valence-corrected chi connectivity index (χ1v) is 7.00. The van der Waals surface area contributed by atoms with E-state index in [1.165, 1.54) is 18.9 Å². The molecule has 5 nitrogen and oxygen atoms in total. The van der Waals surface area contributed by atoms with Crippen LogP contribution in [0.4, 0.5) is 11.4 Å². The molecule has 1 aliphatic heterocycles. The fraction of sp³-hybridized carbons (Fsp3) is 0.400. The van der Waals surface area contributed by atoms with Crippen molar-refractivity contribution < 1.29 is 5.11 Å². The summed E-state index contributed by atoms with van der Waals surface area (Å²) in [5.74, 6) is 0.0871. The minimum Gasteiger partial charge on any atom is -0.506 e. The van der Waals surface area contributed by atoms with E-state index in [9.17, 15) is 10.0 Å². The summed E-state index contributed by atoms with van der Waals surface area (Å²) in [7, 11) is 0. The molecular weight excluding hydrogens is 254 g/mol. The van der Waals surface area contributed by atoms with Gasteiger partial charge in [-0.15, -0.1) is 4.91 Å². The molecule has 0 amide bonds. The van der Waals surface area contributed by atoms with E-state index in [-0.39, 0.29) is 5.75 Å². The maximum atomic E-state index is 11.1. The molecule has 0 aliphatic carbocycles. The van der Waals surface area contributed by atoms with Crippen LogP contribution in [0, 0.1) is 4.91 Å². The molecule has 0 radical (unpaired) electrons. The second-order valence-corrected chi connectivity index (χ2v) is 5.15. The molecule has 20 heavy (non-hydrogen) atoms. The van der Waals surface area contributed by atoms with Gasteiger partial charge in [0.25, 0.3) is 0 Å². The number of phenols is 1. The van der Waals surface area contributed by atoms with E-state index in [2.05, 4.69) is 15.1 Å².